The first-order valence-electron chi connectivity index (χ1n) is 7.38. The standard InChI is InChI=1S/C15H21N3O2/c1-2-3-10-6-9(7-14(16)17-10)15(19)18-12-8-11-4-5-13(12)20-11/h6-7,11-13H,2-5,8H2,1H3,(H2,16,17)(H,18,19). The predicted octanol–water partition coefficient (Wildman–Crippen LogP) is 1.67. The van der Waals surface area contributed by atoms with Crippen LogP contribution in [0.1, 0.15) is 48.7 Å². The quantitative estimate of drug-likeness (QED) is 0.876. The second-order valence-electron chi connectivity index (χ2n) is 5.71. The monoisotopic (exact) mass is 275 g/mol. The minimum absolute atomic E-state index is 0.0717. The van der Waals surface area contributed by atoms with Gasteiger partial charge in [0.1, 0.15) is 5.82 Å². The molecule has 0 aliphatic carbocycles. The normalized spacial score (nSPS) is 27.8. The second-order valence-corrected chi connectivity index (χ2v) is 5.71. The van der Waals surface area contributed by atoms with Gasteiger partial charge in [0.05, 0.1) is 18.2 Å². The lowest BCUT2D eigenvalue weighted by Gasteiger charge is -2.20. The van der Waals surface area contributed by atoms with Gasteiger partial charge in [-0.05, 0) is 37.8 Å². The Hall–Kier alpha value is -1.62. The lowest BCUT2D eigenvalue weighted by atomic mass is 9.95. The minimum atomic E-state index is -0.0717. The second kappa shape index (κ2) is 5.40. The fourth-order valence-corrected chi connectivity index (χ4v) is 3.17. The third-order valence-corrected chi connectivity index (χ3v) is 4.09. The van der Waals surface area contributed by atoms with Crippen LogP contribution in [0.4, 0.5) is 5.82 Å². The van der Waals surface area contributed by atoms with E-state index >= 15 is 0 Å². The van der Waals surface area contributed by atoms with Gasteiger partial charge in [0.15, 0.2) is 0 Å². The molecule has 3 rings (SSSR count). The highest BCUT2D eigenvalue weighted by molar-refractivity contribution is 5.95. The van der Waals surface area contributed by atoms with Gasteiger partial charge < -0.3 is 15.8 Å². The van der Waals surface area contributed by atoms with Crippen LogP contribution in [-0.4, -0.2) is 29.1 Å². The van der Waals surface area contributed by atoms with E-state index in [4.69, 9.17) is 10.5 Å². The molecule has 0 radical (unpaired) electrons. The number of pyridine rings is 1. The highest BCUT2D eigenvalue weighted by Gasteiger charge is 2.41. The van der Waals surface area contributed by atoms with Gasteiger partial charge in [0, 0.05) is 11.3 Å². The molecule has 5 heteroatoms. The molecule has 3 unspecified atom stereocenters. The third-order valence-electron chi connectivity index (χ3n) is 4.09. The van der Waals surface area contributed by atoms with E-state index in [1.165, 1.54) is 0 Å². The van der Waals surface area contributed by atoms with Crippen molar-refractivity contribution in [2.75, 3.05) is 5.73 Å². The van der Waals surface area contributed by atoms with Crippen LogP contribution in [-0.2, 0) is 11.2 Å². The number of nitrogen functional groups attached to an aromatic ring is 1. The van der Waals surface area contributed by atoms with Gasteiger partial charge in [-0.3, -0.25) is 4.79 Å². The zero-order valence-electron chi connectivity index (χ0n) is 11.8. The first kappa shape index (κ1) is 13.4. The maximum atomic E-state index is 12.3. The number of aryl methyl sites for hydroxylation is 1. The smallest absolute Gasteiger partial charge is 0.251 e. The summed E-state index contributed by atoms with van der Waals surface area (Å²) >= 11 is 0. The number of nitrogens with zero attached hydrogens (tertiary/aromatic N) is 1. The summed E-state index contributed by atoms with van der Waals surface area (Å²) in [5.41, 5.74) is 7.26. The van der Waals surface area contributed by atoms with Crippen LogP contribution in [0.5, 0.6) is 0 Å². The number of nitrogens with two attached hydrogens (primary N) is 1. The van der Waals surface area contributed by atoms with Crippen molar-refractivity contribution in [3.8, 4) is 0 Å². The van der Waals surface area contributed by atoms with Crippen molar-refractivity contribution in [1.29, 1.82) is 0 Å². The SMILES string of the molecule is CCCc1cc(C(=O)NC2CC3CCC2O3)cc(N)n1. The Kier molecular flexibility index (Phi) is 3.61. The number of amides is 1. The first-order chi connectivity index (χ1) is 9.65. The molecule has 108 valence electrons. The van der Waals surface area contributed by atoms with E-state index in [1.54, 1.807) is 6.07 Å². The maximum absolute atomic E-state index is 12.3. The molecule has 1 aromatic heterocycles. The highest BCUT2D eigenvalue weighted by atomic mass is 16.5. The summed E-state index contributed by atoms with van der Waals surface area (Å²) in [7, 11) is 0. The molecule has 2 bridgehead atoms. The van der Waals surface area contributed by atoms with E-state index in [0.717, 1.165) is 37.8 Å². The van der Waals surface area contributed by atoms with E-state index in [2.05, 4.69) is 17.2 Å². The van der Waals surface area contributed by atoms with E-state index in [9.17, 15) is 4.79 Å². The Bertz CT molecular complexity index is 518. The first-order valence-corrected chi connectivity index (χ1v) is 7.38. The molecule has 1 amide bonds. The molecule has 0 aromatic carbocycles. The number of aromatic nitrogens is 1. The topological polar surface area (TPSA) is 77.2 Å². The molecule has 0 spiro atoms. The average Bonchev–Trinajstić information content (AvgIpc) is 3.00. The summed E-state index contributed by atoms with van der Waals surface area (Å²) in [6.45, 7) is 2.08. The van der Waals surface area contributed by atoms with Gasteiger partial charge in [-0.1, -0.05) is 13.3 Å². The fourth-order valence-electron chi connectivity index (χ4n) is 3.17. The molecule has 2 saturated heterocycles. The number of hydrogen-bond acceptors (Lipinski definition) is 4. The molecule has 1 aromatic rings. The summed E-state index contributed by atoms with van der Waals surface area (Å²) in [5.74, 6) is 0.336. The van der Waals surface area contributed by atoms with Gasteiger partial charge >= 0.3 is 0 Å². The van der Waals surface area contributed by atoms with Crippen molar-refractivity contribution in [2.24, 2.45) is 0 Å². The fraction of sp³-hybridized carbons (Fsp3) is 0.600. The van der Waals surface area contributed by atoms with Crippen molar-refractivity contribution < 1.29 is 9.53 Å². The Balaban J connectivity index is 1.70. The average molecular weight is 275 g/mol. The largest absolute Gasteiger partial charge is 0.384 e. The summed E-state index contributed by atoms with van der Waals surface area (Å²) in [6.07, 6.45) is 5.45. The zero-order valence-corrected chi connectivity index (χ0v) is 11.8. The molecule has 0 saturated carbocycles. The molecule has 3 N–H and O–H groups in total. The Morgan fingerprint density at radius 3 is 3.00 bits per heavy atom. The number of hydrogen-bond donors (Lipinski definition) is 2. The zero-order chi connectivity index (χ0) is 14.1. The van der Waals surface area contributed by atoms with Gasteiger partial charge in [-0.15, -0.1) is 0 Å². The molecule has 5 nitrogen and oxygen atoms in total. The van der Waals surface area contributed by atoms with Crippen LogP contribution in [0.3, 0.4) is 0 Å². The molecular weight excluding hydrogens is 254 g/mol. The number of nitrogens with one attached hydrogen (secondary N) is 1. The third kappa shape index (κ3) is 2.63. The van der Waals surface area contributed by atoms with Crippen LogP contribution < -0.4 is 11.1 Å². The number of carbonyl (C=O) groups is 1. The van der Waals surface area contributed by atoms with Crippen molar-refractivity contribution in [3.63, 3.8) is 0 Å². The number of rotatable bonds is 4. The van der Waals surface area contributed by atoms with Crippen molar-refractivity contribution in [3.05, 3.63) is 23.4 Å². The van der Waals surface area contributed by atoms with Crippen molar-refractivity contribution in [2.45, 2.75) is 57.3 Å². The highest BCUT2D eigenvalue weighted by Crippen LogP contribution is 2.34. The summed E-state index contributed by atoms with van der Waals surface area (Å²) in [4.78, 5) is 16.6. The van der Waals surface area contributed by atoms with Crippen molar-refractivity contribution >= 4 is 11.7 Å². The molecule has 3 atom stereocenters. The van der Waals surface area contributed by atoms with Gasteiger partial charge in [-0.25, -0.2) is 4.98 Å². The number of ether oxygens (including phenoxy) is 1. The predicted molar refractivity (Wildman–Crippen MR) is 76.4 cm³/mol. The van der Waals surface area contributed by atoms with Crippen LogP contribution in [0, 0.1) is 0 Å². The molecule has 2 fully saturated rings. The summed E-state index contributed by atoms with van der Waals surface area (Å²) in [6, 6.07) is 3.62. The van der Waals surface area contributed by atoms with E-state index in [-0.39, 0.29) is 18.1 Å². The van der Waals surface area contributed by atoms with Gasteiger partial charge in [0.25, 0.3) is 5.91 Å². The van der Waals surface area contributed by atoms with E-state index in [0.29, 0.717) is 17.5 Å². The summed E-state index contributed by atoms with van der Waals surface area (Å²) in [5, 5.41) is 3.08. The Morgan fingerprint density at radius 1 is 1.50 bits per heavy atom. The number of fused-ring (bicyclic) bond motifs is 2. The molecule has 2 aliphatic rings. The lowest BCUT2D eigenvalue weighted by Crippen LogP contribution is -2.41. The number of anilines is 1. The van der Waals surface area contributed by atoms with E-state index < -0.39 is 0 Å². The van der Waals surface area contributed by atoms with Gasteiger partial charge in [-0.2, -0.15) is 0 Å². The van der Waals surface area contributed by atoms with Crippen LogP contribution in [0.15, 0.2) is 12.1 Å². The number of carbonyl (C=O) groups excluding carboxylic acids is 1. The lowest BCUT2D eigenvalue weighted by molar-refractivity contribution is 0.0841. The Labute approximate surface area is 118 Å². The molecule has 20 heavy (non-hydrogen) atoms. The van der Waals surface area contributed by atoms with Crippen molar-refractivity contribution in [1.82, 2.24) is 10.3 Å². The van der Waals surface area contributed by atoms with E-state index in [1.807, 2.05) is 6.07 Å². The van der Waals surface area contributed by atoms with Crippen LogP contribution in [0.2, 0.25) is 0 Å². The molecule has 3 heterocycles. The maximum Gasteiger partial charge on any atom is 0.251 e. The molecular formula is C15H21N3O2. The summed E-state index contributed by atoms with van der Waals surface area (Å²) < 4.78 is 5.76. The Morgan fingerprint density at radius 2 is 2.35 bits per heavy atom. The van der Waals surface area contributed by atoms with Gasteiger partial charge in [0.2, 0.25) is 0 Å². The van der Waals surface area contributed by atoms with Crippen LogP contribution >= 0.6 is 0 Å². The minimum Gasteiger partial charge on any atom is -0.384 e. The molecule has 2 aliphatic heterocycles. The van der Waals surface area contributed by atoms with Crippen LogP contribution in [0.25, 0.3) is 0 Å².